The predicted octanol–water partition coefficient (Wildman–Crippen LogP) is 4.56. The molecular formula is C27H29FN4O2. The highest BCUT2D eigenvalue weighted by molar-refractivity contribution is 6.16. The van der Waals surface area contributed by atoms with Gasteiger partial charge in [0, 0.05) is 43.8 Å². The number of H-pyrrole nitrogens is 1. The zero-order valence-corrected chi connectivity index (χ0v) is 19.3. The predicted molar refractivity (Wildman–Crippen MR) is 131 cm³/mol. The van der Waals surface area contributed by atoms with Crippen LogP contribution in [0.25, 0.3) is 0 Å². The van der Waals surface area contributed by atoms with Crippen molar-refractivity contribution in [3.63, 3.8) is 0 Å². The molecule has 176 valence electrons. The van der Waals surface area contributed by atoms with Crippen LogP contribution in [0.1, 0.15) is 40.6 Å². The van der Waals surface area contributed by atoms with Gasteiger partial charge in [-0.1, -0.05) is 31.5 Å². The van der Waals surface area contributed by atoms with Crippen molar-refractivity contribution in [3.8, 4) is 0 Å². The van der Waals surface area contributed by atoms with Crippen LogP contribution in [0, 0.1) is 11.7 Å². The van der Waals surface area contributed by atoms with Crippen LogP contribution in [0.15, 0.2) is 66.9 Å². The number of nitrogens with zero attached hydrogens (tertiary/aromatic N) is 3. The topological polar surface area (TPSA) is 59.7 Å². The molecule has 2 aliphatic rings. The lowest BCUT2D eigenvalue weighted by atomic mass is 9.91. The Balaban J connectivity index is 1.51. The van der Waals surface area contributed by atoms with Gasteiger partial charge in [0.15, 0.2) is 5.78 Å². The number of hydrogen-bond acceptors (Lipinski definition) is 4. The number of carbonyl (C=O) groups is 2. The van der Waals surface area contributed by atoms with E-state index in [0.29, 0.717) is 30.8 Å². The summed E-state index contributed by atoms with van der Waals surface area (Å²) in [6.45, 7) is 4.93. The number of hydrogen-bond donors (Lipinski definition) is 1. The number of benzene rings is 2. The molecule has 0 radical (unpaired) electrons. The number of amides is 1. The van der Waals surface area contributed by atoms with Crippen molar-refractivity contribution >= 4 is 23.1 Å². The molecule has 34 heavy (non-hydrogen) atoms. The summed E-state index contributed by atoms with van der Waals surface area (Å²) in [7, 11) is 0. The van der Waals surface area contributed by atoms with Gasteiger partial charge >= 0.3 is 0 Å². The number of ketones is 1. The summed E-state index contributed by atoms with van der Waals surface area (Å²) < 4.78 is 13.4. The van der Waals surface area contributed by atoms with Gasteiger partial charge < -0.3 is 9.88 Å². The van der Waals surface area contributed by atoms with Crippen molar-refractivity contribution in [3.05, 3.63) is 83.9 Å². The largest absolute Gasteiger partial charge is 0.369 e. The number of aromatic amines is 1. The monoisotopic (exact) mass is 460 g/mol. The van der Waals surface area contributed by atoms with Gasteiger partial charge in [-0.05, 0) is 48.9 Å². The highest BCUT2D eigenvalue weighted by Gasteiger charge is 2.45. The summed E-state index contributed by atoms with van der Waals surface area (Å²) in [4.78, 5) is 36.9. The summed E-state index contributed by atoms with van der Waals surface area (Å²) in [6.07, 6.45) is 2.83. The molecule has 1 fully saturated rings. The Labute approximate surface area is 199 Å². The van der Waals surface area contributed by atoms with E-state index in [1.807, 2.05) is 35.2 Å². The minimum atomic E-state index is -0.376. The molecule has 7 heteroatoms. The van der Waals surface area contributed by atoms with Crippen LogP contribution in [-0.4, -0.2) is 53.9 Å². The van der Waals surface area contributed by atoms with Gasteiger partial charge in [0.2, 0.25) is 0 Å². The molecule has 5 rings (SSSR count). The maximum absolute atomic E-state index is 13.8. The second-order valence-corrected chi connectivity index (χ2v) is 8.95. The van der Waals surface area contributed by atoms with Gasteiger partial charge in [0.25, 0.3) is 5.91 Å². The molecule has 3 heterocycles. The van der Waals surface area contributed by atoms with Crippen LogP contribution >= 0.6 is 0 Å². The number of fused-ring (bicyclic) bond motifs is 1. The Bertz CT molecular complexity index is 1150. The van der Waals surface area contributed by atoms with Crippen LogP contribution in [0.3, 0.4) is 0 Å². The molecule has 1 aromatic heterocycles. The van der Waals surface area contributed by atoms with E-state index in [2.05, 4.69) is 21.7 Å². The molecule has 0 spiro atoms. The Kier molecular flexibility index (Phi) is 6.20. The summed E-state index contributed by atoms with van der Waals surface area (Å²) in [5, 5.41) is 0. The van der Waals surface area contributed by atoms with Gasteiger partial charge in [-0.2, -0.15) is 0 Å². The Morgan fingerprint density at radius 3 is 2.29 bits per heavy atom. The molecular weight excluding hydrogens is 431 g/mol. The minimum absolute atomic E-state index is 0.000375. The first-order valence-corrected chi connectivity index (χ1v) is 11.9. The summed E-state index contributed by atoms with van der Waals surface area (Å²) in [6, 6.07) is 17.9. The summed E-state index contributed by atoms with van der Waals surface area (Å²) in [5.74, 6) is -0.742. The third-order valence-corrected chi connectivity index (χ3v) is 6.92. The van der Waals surface area contributed by atoms with E-state index in [1.54, 1.807) is 24.4 Å². The lowest BCUT2D eigenvalue weighted by molar-refractivity contribution is 0.0710. The molecule has 0 saturated carbocycles. The Hall–Kier alpha value is -3.45. The van der Waals surface area contributed by atoms with E-state index in [9.17, 15) is 14.0 Å². The number of halogens is 1. The number of carbonyl (C=O) groups excluding carboxylic acids is 2. The van der Waals surface area contributed by atoms with E-state index >= 15 is 0 Å². The molecule has 1 amide bonds. The number of piperazine rings is 1. The molecule has 1 saturated heterocycles. The normalized spacial score (nSPS) is 21.5. The number of rotatable bonds is 5. The van der Waals surface area contributed by atoms with E-state index in [-0.39, 0.29) is 29.6 Å². The van der Waals surface area contributed by atoms with Crippen LogP contribution in [-0.2, 0) is 0 Å². The third-order valence-electron chi connectivity index (χ3n) is 6.92. The van der Waals surface area contributed by atoms with Crippen molar-refractivity contribution in [1.82, 2.24) is 9.88 Å². The van der Waals surface area contributed by atoms with Crippen LogP contribution in [0.5, 0.6) is 0 Å². The average Bonchev–Trinajstić information content (AvgIpc) is 3.34. The molecule has 2 aromatic carbocycles. The molecule has 2 aliphatic heterocycles. The maximum atomic E-state index is 13.8. The standard InChI is InChI=1S/C27H29FN4O2/c1-2-6-23-25(33)24-22(13-14-29-24)27(34)32(21-7-4-3-5-8-21)26(23)31-17-15-30(16-18-31)20-11-9-19(28)10-12-20/h3-5,7-14,23,26,29H,2,6,15-18H2,1H3. The second-order valence-electron chi connectivity index (χ2n) is 8.95. The SMILES string of the molecule is CCCC1C(=O)c2[nH]ccc2C(=O)N(c2ccccc2)C1N1CCN(c2ccc(F)cc2)CC1. The zero-order valence-electron chi connectivity index (χ0n) is 19.3. The van der Waals surface area contributed by atoms with Crippen molar-refractivity contribution in [2.24, 2.45) is 5.92 Å². The number of nitrogens with one attached hydrogen (secondary N) is 1. The van der Waals surface area contributed by atoms with Crippen LogP contribution < -0.4 is 9.80 Å². The first-order chi connectivity index (χ1) is 16.6. The lowest BCUT2D eigenvalue weighted by Crippen LogP contribution is -2.60. The van der Waals surface area contributed by atoms with Gasteiger partial charge in [-0.3, -0.25) is 19.4 Å². The molecule has 2 atom stereocenters. The Morgan fingerprint density at radius 1 is 0.912 bits per heavy atom. The number of aromatic nitrogens is 1. The fourth-order valence-corrected chi connectivity index (χ4v) is 5.27. The summed E-state index contributed by atoms with van der Waals surface area (Å²) >= 11 is 0. The quantitative estimate of drug-likeness (QED) is 0.606. The van der Waals surface area contributed by atoms with E-state index in [4.69, 9.17) is 0 Å². The molecule has 2 unspecified atom stereocenters. The highest BCUT2D eigenvalue weighted by Crippen LogP contribution is 2.35. The molecule has 0 aliphatic carbocycles. The van der Waals surface area contributed by atoms with E-state index < -0.39 is 0 Å². The Morgan fingerprint density at radius 2 is 1.62 bits per heavy atom. The van der Waals surface area contributed by atoms with E-state index in [1.165, 1.54) is 12.1 Å². The minimum Gasteiger partial charge on any atom is -0.369 e. The van der Waals surface area contributed by atoms with Gasteiger partial charge in [-0.25, -0.2) is 4.39 Å². The number of Topliss-reactive ketones (excluding diaryl/α,β-unsaturated/α-hetero) is 1. The molecule has 3 aromatic rings. The second kappa shape index (κ2) is 9.43. The number of para-hydroxylation sites is 1. The van der Waals surface area contributed by atoms with Gasteiger partial charge in [0.05, 0.1) is 17.2 Å². The first-order valence-electron chi connectivity index (χ1n) is 11.9. The van der Waals surface area contributed by atoms with Crippen molar-refractivity contribution in [2.75, 3.05) is 36.0 Å². The van der Waals surface area contributed by atoms with Crippen LogP contribution in [0.2, 0.25) is 0 Å². The van der Waals surface area contributed by atoms with Gasteiger partial charge in [0.1, 0.15) is 12.0 Å². The fourth-order valence-electron chi connectivity index (χ4n) is 5.27. The average molecular weight is 461 g/mol. The smallest absolute Gasteiger partial charge is 0.261 e. The van der Waals surface area contributed by atoms with E-state index in [0.717, 1.165) is 30.9 Å². The maximum Gasteiger partial charge on any atom is 0.261 e. The lowest BCUT2D eigenvalue weighted by Gasteiger charge is -2.46. The van der Waals surface area contributed by atoms with Crippen molar-refractivity contribution in [1.29, 1.82) is 0 Å². The molecule has 6 nitrogen and oxygen atoms in total. The fraction of sp³-hybridized carbons (Fsp3) is 0.333. The highest BCUT2D eigenvalue weighted by atomic mass is 19.1. The summed E-state index contributed by atoms with van der Waals surface area (Å²) in [5.41, 5.74) is 2.62. The molecule has 0 bridgehead atoms. The third kappa shape index (κ3) is 4.01. The van der Waals surface area contributed by atoms with Crippen LogP contribution in [0.4, 0.5) is 15.8 Å². The number of anilines is 2. The van der Waals surface area contributed by atoms with Gasteiger partial charge in [-0.15, -0.1) is 0 Å². The van der Waals surface area contributed by atoms with Crippen molar-refractivity contribution < 1.29 is 14.0 Å². The zero-order chi connectivity index (χ0) is 23.7. The molecule has 1 N–H and O–H groups in total. The van der Waals surface area contributed by atoms with Crippen molar-refractivity contribution in [2.45, 2.75) is 25.9 Å². The first kappa shape index (κ1) is 22.3.